The molecule has 0 bridgehead atoms. The number of hydrogen-bond donors (Lipinski definition) is 1. The van der Waals surface area contributed by atoms with Crippen LogP contribution in [0.4, 0.5) is 0 Å². The Hall–Kier alpha value is 1.01. The first-order chi connectivity index (χ1) is 4.00. The van der Waals surface area contributed by atoms with Crippen molar-refractivity contribution in [3.63, 3.8) is 0 Å². The van der Waals surface area contributed by atoms with Gasteiger partial charge in [0.15, 0.2) is 0 Å². The molecule has 0 spiro atoms. The summed E-state index contributed by atoms with van der Waals surface area (Å²) in [7, 11) is 5.81. The largest absolute Gasteiger partial charge is 0.315 e. The molecule has 1 saturated heterocycles. The lowest BCUT2D eigenvalue weighted by molar-refractivity contribution is 0.775. The van der Waals surface area contributed by atoms with Gasteiger partial charge in [-0.3, -0.25) is 0 Å². The summed E-state index contributed by atoms with van der Waals surface area (Å²) in [6.07, 6.45) is 0. The van der Waals surface area contributed by atoms with Gasteiger partial charge in [0.05, 0.1) is 0 Å². The summed E-state index contributed by atoms with van der Waals surface area (Å²) in [4.78, 5) is 0. The highest BCUT2D eigenvalue weighted by Gasteiger charge is 1.95. The minimum Gasteiger partial charge on any atom is -0.315 e. The van der Waals surface area contributed by atoms with Crippen LogP contribution in [0.25, 0.3) is 0 Å². The van der Waals surface area contributed by atoms with Crippen molar-refractivity contribution in [3.05, 3.63) is 0 Å². The van der Waals surface area contributed by atoms with Crippen LogP contribution in [0.1, 0.15) is 0 Å². The Labute approximate surface area is 61.5 Å². The first-order valence-electron chi connectivity index (χ1n) is 2.62. The van der Waals surface area contributed by atoms with Crippen molar-refractivity contribution < 1.29 is 0 Å². The lowest BCUT2D eigenvalue weighted by Gasteiger charge is -2.06. The van der Waals surface area contributed by atoms with Gasteiger partial charge in [0.2, 0.25) is 0 Å². The van der Waals surface area contributed by atoms with Crippen molar-refractivity contribution in [2.24, 2.45) is 0 Å². The van der Waals surface area contributed by atoms with Crippen LogP contribution in [0.5, 0.6) is 0 Å². The number of nitrogens with one attached hydrogen (secondary N) is 1. The fourth-order valence-corrected chi connectivity index (χ4v) is 4.06. The third-order valence-electron chi connectivity index (χ3n) is 0.821. The fourth-order valence-electron chi connectivity index (χ4n) is 0.455. The van der Waals surface area contributed by atoms with Gasteiger partial charge in [0.1, 0.15) is 0 Å². The molecule has 1 fully saturated rings. The summed E-state index contributed by atoms with van der Waals surface area (Å²) in [6, 6.07) is 0. The topological polar surface area (TPSA) is 12.0 Å². The molecule has 0 unspecified atom stereocenters. The van der Waals surface area contributed by atoms with Crippen LogP contribution < -0.4 is 5.32 Å². The Bertz CT molecular complexity index is 35.2. The number of rotatable bonds is 0. The van der Waals surface area contributed by atoms with E-state index in [9.17, 15) is 0 Å². The van der Waals surface area contributed by atoms with E-state index in [1.54, 1.807) is 0 Å². The second-order valence-electron chi connectivity index (χ2n) is 1.46. The molecule has 8 heavy (non-hydrogen) atoms. The van der Waals surface area contributed by atoms with Gasteiger partial charge in [-0.1, -0.05) is 21.6 Å². The summed E-state index contributed by atoms with van der Waals surface area (Å²) >= 11 is 0. The minimum absolute atomic E-state index is 1.18. The molecule has 0 saturated carbocycles. The quantitative estimate of drug-likeness (QED) is 0.550. The van der Waals surface area contributed by atoms with E-state index in [-0.39, 0.29) is 0 Å². The Morgan fingerprint density at radius 1 is 1.00 bits per heavy atom. The van der Waals surface area contributed by atoms with Gasteiger partial charge in [0, 0.05) is 24.6 Å². The molecule has 0 atom stereocenters. The molecule has 1 aliphatic heterocycles. The molecule has 4 heteroatoms. The average molecular weight is 167 g/mol. The van der Waals surface area contributed by atoms with Crippen LogP contribution in [-0.2, 0) is 0 Å². The summed E-state index contributed by atoms with van der Waals surface area (Å²) < 4.78 is 0. The van der Waals surface area contributed by atoms with E-state index in [0.29, 0.717) is 0 Å². The maximum Gasteiger partial charge on any atom is 0.0171 e. The van der Waals surface area contributed by atoms with E-state index in [1.807, 2.05) is 31.4 Å². The van der Waals surface area contributed by atoms with Crippen LogP contribution in [0, 0.1) is 0 Å². The molecule has 0 aliphatic carbocycles. The first-order valence-corrected chi connectivity index (χ1v) is 6.44. The zero-order valence-electron chi connectivity index (χ0n) is 4.55. The SMILES string of the molecule is C1CSSSCCN1. The minimum atomic E-state index is 1.18. The zero-order valence-corrected chi connectivity index (χ0v) is 7.00. The summed E-state index contributed by atoms with van der Waals surface area (Å²) in [5, 5.41) is 3.33. The van der Waals surface area contributed by atoms with Gasteiger partial charge in [-0.15, -0.1) is 0 Å². The second-order valence-corrected chi connectivity index (χ2v) is 5.93. The summed E-state index contributed by atoms with van der Waals surface area (Å²) in [5.74, 6) is 2.50. The predicted molar refractivity (Wildman–Crippen MR) is 45.4 cm³/mol. The van der Waals surface area contributed by atoms with E-state index in [1.165, 1.54) is 24.6 Å². The second kappa shape index (κ2) is 4.85. The highest BCUT2D eigenvalue weighted by atomic mass is 33.5. The molecule has 0 aromatic rings. The molecule has 1 rings (SSSR count). The third-order valence-corrected chi connectivity index (χ3v) is 5.06. The normalized spacial score (nSPS) is 24.0. The lowest BCUT2D eigenvalue weighted by atomic mass is 10.7. The average Bonchev–Trinajstić information content (AvgIpc) is 1.62. The Balaban J connectivity index is 2.00. The smallest absolute Gasteiger partial charge is 0.0171 e. The molecule has 1 N–H and O–H groups in total. The fraction of sp³-hybridized carbons (Fsp3) is 1.00. The Morgan fingerprint density at radius 3 is 2.25 bits per heavy atom. The monoisotopic (exact) mass is 167 g/mol. The standard InChI is InChI=1S/C4H9NS3/c1-3-6-8-7-4-2-5-1/h5H,1-4H2. The molecular weight excluding hydrogens is 158 g/mol. The van der Waals surface area contributed by atoms with Crippen LogP contribution >= 0.6 is 31.4 Å². The van der Waals surface area contributed by atoms with E-state index in [0.717, 1.165) is 0 Å². The summed E-state index contributed by atoms with van der Waals surface area (Å²) in [5.41, 5.74) is 0. The highest BCUT2D eigenvalue weighted by molar-refractivity contribution is 9.09. The molecule has 1 heterocycles. The van der Waals surface area contributed by atoms with Gasteiger partial charge in [0.25, 0.3) is 0 Å². The molecule has 1 nitrogen and oxygen atoms in total. The van der Waals surface area contributed by atoms with E-state index in [4.69, 9.17) is 0 Å². The lowest BCUT2D eigenvalue weighted by Crippen LogP contribution is -2.20. The van der Waals surface area contributed by atoms with Gasteiger partial charge in [-0.25, -0.2) is 0 Å². The molecule has 0 radical (unpaired) electrons. The van der Waals surface area contributed by atoms with Crippen molar-refractivity contribution in [2.45, 2.75) is 0 Å². The molecule has 0 amide bonds. The van der Waals surface area contributed by atoms with Crippen molar-refractivity contribution in [1.29, 1.82) is 0 Å². The third kappa shape index (κ3) is 3.12. The van der Waals surface area contributed by atoms with Crippen LogP contribution in [-0.4, -0.2) is 24.6 Å². The van der Waals surface area contributed by atoms with E-state index < -0.39 is 0 Å². The molecule has 0 aromatic carbocycles. The first kappa shape index (κ1) is 7.12. The van der Waals surface area contributed by atoms with Crippen molar-refractivity contribution in [3.8, 4) is 0 Å². The Morgan fingerprint density at radius 2 is 1.62 bits per heavy atom. The number of hydrogen-bond acceptors (Lipinski definition) is 4. The zero-order chi connectivity index (χ0) is 5.66. The molecule has 0 aromatic heterocycles. The van der Waals surface area contributed by atoms with E-state index in [2.05, 4.69) is 5.32 Å². The van der Waals surface area contributed by atoms with Crippen LogP contribution in [0.3, 0.4) is 0 Å². The maximum absolute atomic E-state index is 3.33. The van der Waals surface area contributed by atoms with E-state index >= 15 is 0 Å². The summed E-state index contributed by atoms with van der Waals surface area (Å²) in [6.45, 7) is 2.36. The van der Waals surface area contributed by atoms with Crippen LogP contribution in [0.15, 0.2) is 0 Å². The molecular formula is C4H9NS3. The Kier molecular flexibility index (Phi) is 4.32. The van der Waals surface area contributed by atoms with Gasteiger partial charge < -0.3 is 5.32 Å². The van der Waals surface area contributed by atoms with Gasteiger partial charge in [-0.2, -0.15) is 0 Å². The highest BCUT2D eigenvalue weighted by Crippen LogP contribution is 2.34. The van der Waals surface area contributed by atoms with Crippen molar-refractivity contribution >= 4 is 31.4 Å². The van der Waals surface area contributed by atoms with Crippen molar-refractivity contribution in [1.82, 2.24) is 5.32 Å². The predicted octanol–water partition coefficient (Wildman–Crippen LogP) is 1.62. The van der Waals surface area contributed by atoms with Gasteiger partial charge >= 0.3 is 0 Å². The molecule has 1 aliphatic rings. The van der Waals surface area contributed by atoms with Gasteiger partial charge in [-0.05, 0) is 9.83 Å². The van der Waals surface area contributed by atoms with Crippen molar-refractivity contribution in [2.75, 3.05) is 24.6 Å². The maximum atomic E-state index is 3.33. The van der Waals surface area contributed by atoms with Crippen LogP contribution in [0.2, 0.25) is 0 Å². The molecule has 48 valence electrons.